The van der Waals surface area contributed by atoms with Crippen molar-refractivity contribution in [1.29, 1.82) is 0 Å². The van der Waals surface area contributed by atoms with Gasteiger partial charge in [-0.3, -0.25) is 0 Å². The van der Waals surface area contributed by atoms with Gasteiger partial charge in [-0.2, -0.15) is 0 Å². The molecule has 2 atom stereocenters. The van der Waals surface area contributed by atoms with E-state index in [-0.39, 0.29) is 54.8 Å². The Bertz CT molecular complexity index is 699. The first-order chi connectivity index (χ1) is 11.6. The van der Waals surface area contributed by atoms with Crippen LogP contribution in [-0.2, 0) is 19.2 Å². The maximum absolute atomic E-state index is 4.05. The zero-order chi connectivity index (χ0) is 19.2. The van der Waals surface area contributed by atoms with Crippen molar-refractivity contribution in [2.45, 2.75) is 68.2 Å². The van der Waals surface area contributed by atoms with E-state index >= 15 is 0 Å². The van der Waals surface area contributed by atoms with E-state index in [1.165, 1.54) is 11.1 Å². The molecule has 27 heavy (non-hydrogen) atoms. The number of hydrogen-bond donors (Lipinski definition) is 0. The van der Waals surface area contributed by atoms with Crippen LogP contribution in [-0.4, -0.2) is 0 Å². The van der Waals surface area contributed by atoms with Crippen molar-refractivity contribution in [2.24, 2.45) is 10.8 Å². The monoisotopic (exact) mass is 440 g/mol. The second-order valence-electron chi connectivity index (χ2n) is 8.27. The average molecular weight is 441 g/mol. The van der Waals surface area contributed by atoms with E-state index in [1.54, 1.807) is 30.0 Å². The fourth-order valence-electron chi connectivity index (χ4n) is 4.64. The fourth-order valence-corrected chi connectivity index (χ4v) is 7.97. The maximum Gasteiger partial charge on any atom is -1.00 e. The molecule has 0 aromatic rings. The van der Waals surface area contributed by atoms with Crippen molar-refractivity contribution in [3.63, 3.8) is 0 Å². The maximum atomic E-state index is 4.05. The predicted octanol–water partition coefficient (Wildman–Crippen LogP) is 1.49. The van der Waals surface area contributed by atoms with Crippen LogP contribution < -0.4 is 24.8 Å². The van der Waals surface area contributed by atoms with E-state index in [2.05, 4.69) is 80.7 Å². The number of allylic oxidation sites excluding steroid dienone is 10. The molecule has 0 bridgehead atoms. The van der Waals surface area contributed by atoms with Gasteiger partial charge in [-0.25, -0.2) is 0 Å². The standard InChI is InChI=1S/2C12H17.2ClH.Ti/c2*1-6-7-12(5)8-9(2)10(3)11(12)4;;;/h2*6H,1,7H2,2-5H3;2*1H;/q;;;;+2/p-2. The molecule has 0 amide bonds. The van der Waals surface area contributed by atoms with Crippen molar-refractivity contribution in [3.05, 3.63) is 66.5 Å². The smallest absolute Gasteiger partial charge is 1.00 e. The summed E-state index contributed by atoms with van der Waals surface area (Å²) in [6.45, 7) is 26.9. The molecule has 0 fully saturated rings. The van der Waals surface area contributed by atoms with Crippen LogP contribution in [0.2, 0.25) is 0 Å². The van der Waals surface area contributed by atoms with E-state index in [4.69, 9.17) is 0 Å². The molecule has 148 valence electrons. The Morgan fingerprint density at radius 2 is 0.963 bits per heavy atom. The number of halogens is 2. The summed E-state index contributed by atoms with van der Waals surface area (Å²) in [6, 6.07) is 0. The van der Waals surface area contributed by atoms with Crippen molar-refractivity contribution in [2.75, 3.05) is 0 Å². The van der Waals surface area contributed by atoms with Gasteiger partial charge in [0.05, 0.1) is 0 Å². The van der Waals surface area contributed by atoms with Crippen LogP contribution in [0.15, 0.2) is 66.5 Å². The Kier molecular flexibility index (Phi) is 9.39. The number of rotatable bonds is 6. The third-order valence-corrected chi connectivity index (χ3v) is 10.8. The molecule has 0 saturated heterocycles. The van der Waals surface area contributed by atoms with Gasteiger partial charge in [-0.05, 0) is 0 Å². The normalized spacial score (nSPS) is 27.6. The van der Waals surface area contributed by atoms with Crippen molar-refractivity contribution in [1.82, 2.24) is 0 Å². The largest absolute Gasteiger partial charge is 1.00 e. The SMILES string of the molecule is C=CCC1(C)C(C)=C(C)C(C)=[C]1[Ti+2][C]1=C(C)C(C)=C(C)C1(C)CC=C.[Cl-].[Cl-]. The van der Waals surface area contributed by atoms with E-state index in [0.717, 1.165) is 12.8 Å². The molecule has 2 unspecified atom stereocenters. The summed E-state index contributed by atoms with van der Waals surface area (Å²) in [5.74, 6) is 0. The summed E-state index contributed by atoms with van der Waals surface area (Å²) in [6.07, 6.45) is 6.30. The van der Waals surface area contributed by atoms with Gasteiger partial charge in [-0.15, -0.1) is 0 Å². The Balaban J connectivity index is 0.00000338. The summed E-state index contributed by atoms with van der Waals surface area (Å²) in [4.78, 5) is 0. The Morgan fingerprint density at radius 1 is 0.667 bits per heavy atom. The van der Waals surface area contributed by atoms with Crippen LogP contribution >= 0.6 is 0 Å². The summed E-state index contributed by atoms with van der Waals surface area (Å²) in [5, 5.41) is 0. The van der Waals surface area contributed by atoms with Gasteiger partial charge in [-0.1, -0.05) is 0 Å². The summed E-state index contributed by atoms with van der Waals surface area (Å²) >= 11 is -0.367. The molecule has 0 aromatic carbocycles. The van der Waals surface area contributed by atoms with Crippen molar-refractivity contribution < 1.29 is 44.0 Å². The van der Waals surface area contributed by atoms with Gasteiger partial charge < -0.3 is 24.8 Å². The molecule has 0 radical (unpaired) electrons. The van der Waals surface area contributed by atoms with Gasteiger partial charge in [0, 0.05) is 0 Å². The first-order valence-electron chi connectivity index (χ1n) is 9.34. The average Bonchev–Trinajstić information content (AvgIpc) is 2.81. The second kappa shape index (κ2) is 9.49. The molecule has 0 nitrogen and oxygen atoms in total. The van der Waals surface area contributed by atoms with E-state index < -0.39 is 0 Å². The van der Waals surface area contributed by atoms with Crippen LogP contribution in [0.5, 0.6) is 0 Å². The van der Waals surface area contributed by atoms with Gasteiger partial charge >= 0.3 is 165 Å². The molecule has 0 spiro atoms. The van der Waals surface area contributed by atoms with E-state index in [9.17, 15) is 0 Å². The fraction of sp³-hybridized carbons (Fsp3) is 0.500. The van der Waals surface area contributed by atoms with Crippen LogP contribution in [0, 0.1) is 10.8 Å². The Hall–Kier alpha value is -0.266. The van der Waals surface area contributed by atoms with Gasteiger partial charge in [0.1, 0.15) is 0 Å². The third-order valence-electron chi connectivity index (χ3n) is 7.11. The zero-order valence-corrected chi connectivity index (χ0v) is 21.3. The molecule has 2 aliphatic rings. The van der Waals surface area contributed by atoms with Crippen LogP contribution in [0.3, 0.4) is 0 Å². The van der Waals surface area contributed by atoms with Crippen molar-refractivity contribution >= 4 is 0 Å². The summed E-state index contributed by atoms with van der Waals surface area (Å²) < 4.78 is 3.43. The number of hydrogen-bond acceptors (Lipinski definition) is 0. The first-order valence-corrected chi connectivity index (χ1v) is 10.9. The molecular formula is C24H34Cl2Ti. The molecule has 0 saturated carbocycles. The minimum atomic E-state index is -0.367. The minimum absolute atomic E-state index is 0. The molecular weight excluding hydrogens is 407 g/mol. The first kappa shape index (κ1) is 26.7. The van der Waals surface area contributed by atoms with Crippen LogP contribution in [0.1, 0.15) is 68.2 Å². The molecule has 0 heterocycles. The van der Waals surface area contributed by atoms with Crippen molar-refractivity contribution in [3.8, 4) is 0 Å². The molecule has 0 aliphatic heterocycles. The quantitative estimate of drug-likeness (QED) is 0.433. The predicted molar refractivity (Wildman–Crippen MR) is 108 cm³/mol. The molecule has 0 aromatic heterocycles. The topological polar surface area (TPSA) is 0 Å². The van der Waals surface area contributed by atoms with E-state index in [1.807, 2.05) is 0 Å². The molecule has 3 heteroatoms. The third kappa shape index (κ3) is 4.06. The zero-order valence-electron chi connectivity index (χ0n) is 18.2. The Morgan fingerprint density at radius 3 is 1.22 bits per heavy atom. The van der Waals surface area contributed by atoms with Crippen LogP contribution in [0.4, 0.5) is 0 Å². The molecule has 2 rings (SSSR count). The van der Waals surface area contributed by atoms with Crippen LogP contribution in [0.25, 0.3) is 0 Å². The Labute approximate surface area is 188 Å². The molecule has 2 aliphatic carbocycles. The van der Waals surface area contributed by atoms with E-state index in [0.29, 0.717) is 0 Å². The summed E-state index contributed by atoms with van der Waals surface area (Å²) in [7, 11) is 0. The second-order valence-corrected chi connectivity index (χ2v) is 10.2. The minimum Gasteiger partial charge on any atom is -1.00 e. The summed E-state index contributed by atoms with van der Waals surface area (Å²) in [5.41, 5.74) is 9.54. The molecule has 0 N–H and O–H groups in total. The van der Waals surface area contributed by atoms with Gasteiger partial charge in [0.2, 0.25) is 0 Å². The van der Waals surface area contributed by atoms with Gasteiger partial charge in [0.15, 0.2) is 0 Å². The van der Waals surface area contributed by atoms with Gasteiger partial charge in [0.25, 0.3) is 0 Å².